The minimum absolute atomic E-state index is 0.101. The van der Waals surface area contributed by atoms with Crippen LogP contribution in [-0.2, 0) is 11.2 Å². The van der Waals surface area contributed by atoms with Gasteiger partial charge in [-0.1, -0.05) is 0 Å². The lowest BCUT2D eigenvalue weighted by Gasteiger charge is -2.20. The van der Waals surface area contributed by atoms with Gasteiger partial charge in [-0.15, -0.1) is 0 Å². The molecule has 0 unspecified atom stereocenters. The van der Waals surface area contributed by atoms with Crippen LogP contribution in [0.15, 0.2) is 33.5 Å². The number of benzene rings is 1. The molecule has 0 aliphatic heterocycles. The third-order valence-corrected chi connectivity index (χ3v) is 3.28. The van der Waals surface area contributed by atoms with E-state index in [-0.39, 0.29) is 6.42 Å². The van der Waals surface area contributed by atoms with Crippen molar-refractivity contribution in [3.05, 3.63) is 40.2 Å². The Bertz CT molecular complexity index is 687. The summed E-state index contributed by atoms with van der Waals surface area (Å²) in [6, 6.07) is 7.37. The molecule has 2 N–H and O–H groups in total. The highest BCUT2D eigenvalue weighted by molar-refractivity contribution is 5.83. The van der Waals surface area contributed by atoms with Crippen LogP contribution in [0.2, 0.25) is 0 Å². The molecule has 1 amide bonds. The molecule has 0 radical (unpaired) electrons. The van der Waals surface area contributed by atoms with Gasteiger partial charge in [-0.3, -0.25) is 4.79 Å². The molecule has 0 fully saturated rings. The molecule has 1 aromatic heterocycles. The quantitative estimate of drug-likeness (QED) is 0.841. The smallest absolute Gasteiger partial charge is 0.339 e. The van der Waals surface area contributed by atoms with Gasteiger partial charge < -0.3 is 15.1 Å². The number of nitrogens with two attached hydrogens (primary N) is 1. The first kappa shape index (κ1) is 14.1. The van der Waals surface area contributed by atoms with Gasteiger partial charge in [-0.05, 0) is 32.0 Å². The highest BCUT2D eigenvalue weighted by Crippen LogP contribution is 2.21. The third kappa shape index (κ3) is 2.82. The Morgan fingerprint density at radius 3 is 2.55 bits per heavy atom. The first-order valence-electron chi connectivity index (χ1n) is 6.65. The second-order valence-electron chi connectivity index (χ2n) is 4.60. The molecule has 1 heterocycles. The number of amides is 1. The van der Waals surface area contributed by atoms with Crippen LogP contribution in [0.25, 0.3) is 11.0 Å². The van der Waals surface area contributed by atoms with E-state index in [1.807, 2.05) is 18.2 Å². The molecule has 0 spiro atoms. The van der Waals surface area contributed by atoms with Crippen molar-refractivity contribution in [2.75, 3.05) is 18.0 Å². The normalized spacial score (nSPS) is 10.7. The molecule has 0 saturated heterocycles. The van der Waals surface area contributed by atoms with E-state index in [0.29, 0.717) is 11.1 Å². The van der Waals surface area contributed by atoms with E-state index in [1.54, 1.807) is 6.07 Å². The molecule has 1 aromatic carbocycles. The van der Waals surface area contributed by atoms with Crippen LogP contribution in [-0.4, -0.2) is 19.0 Å². The Kier molecular flexibility index (Phi) is 4.08. The summed E-state index contributed by atoms with van der Waals surface area (Å²) in [4.78, 5) is 24.9. The summed E-state index contributed by atoms with van der Waals surface area (Å²) < 4.78 is 5.28. The van der Waals surface area contributed by atoms with Crippen LogP contribution in [0, 0.1) is 0 Å². The van der Waals surface area contributed by atoms with Crippen molar-refractivity contribution in [1.29, 1.82) is 0 Å². The zero-order valence-corrected chi connectivity index (χ0v) is 11.7. The molecule has 0 aliphatic carbocycles. The lowest BCUT2D eigenvalue weighted by Crippen LogP contribution is -2.21. The second kappa shape index (κ2) is 5.77. The minimum atomic E-state index is -0.545. The molecule has 0 saturated carbocycles. The van der Waals surface area contributed by atoms with E-state index in [1.165, 1.54) is 0 Å². The number of anilines is 1. The summed E-state index contributed by atoms with van der Waals surface area (Å²) in [6.07, 6.45) is -0.101. The monoisotopic (exact) mass is 274 g/mol. The molecule has 0 aliphatic rings. The lowest BCUT2D eigenvalue weighted by atomic mass is 10.1. The van der Waals surface area contributed by atoms with Crippen molar-refractivity contribution in [3.63, 3.8) is 0 Å². The average Bonchev–Trinajstić information content (AvgIpc) is 2.40. The van der Waals surface area contributed by atoms with Crippen molar-refractivity contribution < 1.29 is 9.21 Å². The summed E-state index contributed by atoms with van der Waals surface area (Å²) >= 11 is 0. The molecular weight excluding hydrogens is 256 g/mol. The van der Waals surface area contributed by atoms with Crippen molar-refractivity contribution in [1.82, 2.24) is 0 Å². The Balaban J connectivity index is 2.50. The van der Waals surface area contributed by atoms with Crippen molar-refractivity contribution in [2.24, 2.45) is 5.73 Å². The van der Waals surface area contributed by atoms with E-state index in [2.05, 4.69) is 18.7 Å². The van der Waals surface area contributed by atoms with Crippen molar-refractivity contribution in [3.8, 4) is 0 Å². The van der Waals surface area contributed by atoms with Crippen LogP contribution >= 0.6 is 0 Å². The third-order valence-electron chi connectivity index (χ3n) is 3.28. The Morgan fingerprint density at radius 1 is 1.25 bits per heavy atom. The number of nitrogens with zero attached hydrogens (tertiary/aromatic N) is 1. The molecule has 5 heteroatoms. The van der Waals surface area contributed by atoms with E-state index in [0.717, 1.165) is 24.2 Å². The molecule has 5 nitrogen and oxygen atoms in total. The van der Waals surface area contributed by atoms with Gasteiger partial charge in [0.15, 0.2) is 0 Å². The van der Waals surface area contributed by atoms with Crippen LogP contribution in [0.3, 0.4) is 0 Å². The Hall–Kier alpha value is -2.30. The number of fused-ring (bicyclic) bond motifs is 1. The van der Waals surface area contributed by atoms with Crippen LogP contribution in [0.5, 0.6) is 0 Å². The minimum Gasteiger partial charge on any atom is -0.422 e. The topological polar surface area (TPSA) is 76.5 Å². The number of carbonyl (C=O) groups is 1. The van der Waals surface area contributed by atoms with Crippen molar-refractivity contribution >= 4 is 22.6 Å². The van der Waals surface area contributed by atoms with Gasteiger partial charge in [0.25, 0.3) is 0 Å². The number of rotatable bonds is 5. The molecule has 20 heavy (non-hydrogen) atoms. The fraction of sp³-hybridized carbons (Fsp3) is 0.333. The lowest BCUT2D eigenvalue weighted by molar-refractivity contribution is -0.117. The van der Waals surface area contributed by atoms with E-state index < -0.39 is 11.5 Å². The summed E-state index contributed by atoms with van der Waals surface area (Å²) in [5.41, 5.74) is 6.43. The number of hydrogen-bond donors (Lipinski definition) is 1. The molecule has 2 rings (SSSR count). The Morgan fingerprint density at radius 2 is 1.95 bits per heavy atom. The molecular formula is C15H18N2O3. The molecule has 2 aromatic rings. The number of primary amides is 1. The fourth-order valence-electron chi connectivity index (χ4n) is 2.24. The maximum Gasteiger partial charge on any atom is 0.339 e. The molecule has 106 valence electrons. The highest BCUT2D eigenvalue weighted by Gasteiger charge is 2.10. The summed E-state index contributed by atoms with van der Waals surface area (Å²) in [6.45, 7) is 5.90. The zero-order chi connectivity index (χ0) is 14.7. The highest BCUT2D eigenvalue weighted by atomic mass is 16.4. The second-order valence-corrected chi connectivity index (χ2v) is 4.60. The van der Waals surface area contributed by atoms with E-state index in [4.69, 9.17) is 10.2 Å². The Labute approximate surface area is 117 Å². The van der Waals surface area contributed by atoms with Gasteiger partial charge in [-0.2, -0.15) is 0 Å². The number of hydrogen-bond acceptors (Lipinski definition) is 4. The van der Waals surface area contributed by atoms with Crippen LogP contribution in [0.1, 0.15) is 19.4 Å². The fourth-order valence-corrected chi connectivity index (χ4v) is 2.24. The zero-order valence-electron chi connectivity index (χ0n) is 11.7. The predicted molar refractivity (Wildman–Crippen MR) is 78.9 cm³/mol. The standard InChI is InChI=1S/C15H18N2O3/c1-3-17(4-2)12-6-5-10-7-11(8-14(16)18)15(19)20-13(10)9-12/h5-7,9H,3-4,8H2,1-2H3,(H2,16,18). The maximum atomic E-state index is 11.8. The molecule has 0 bridgehead atoms. The average molecular weight is 274 g/mol. The number of carbonyl (C=O) groups excluding carboxylic acids is 1. The van der Waals surface area contributed by atoms with Crippen LogP contribution < -0.4 is 16.3 Å². The van der Waals surface area contributed by atoms with Crippen LogP contribution in [0.4, 0.5) is 5.69 Å². The first-order valence-corrected chi connectivity index (χ1v) is 6.65. The van der Waals surface area contributed by atoms with Gasteiger partial charge in [0.1, 0.15) is 5.58 Å². The van der Waals surface area contributed by atoms with Gasteiger partial charge in [0.05, 0.1) is 6.42 Å². The largest absolute Gasteiger partial charge is 0.422 e. The predicted octanol–water partition coefficient (Wildman–Crippen LogP) is 1.67. The van der Waals surface area contributed by atoms with E-state index in [9.17, 15) is 9.59 Å². The first-order chi connectivity index (χ1) is 9.55. The summed E-state index contributed by atoms with van der Waals surface area (Å²) in [5.74, 6) is -0.545. The van der Waals surface area contributed by atoms with Gasteiger partial charge in [0.2, 0.25) is 5.91 Å². The maximum absolute atomic E-state index is 11.8. The molecule has 0 atom stereocenters. The van der Waals surface area contributed by atoms with Gasteiger partial charge in [-0.25, -0.2) is 4.79 Å². The summed E-state index contributed by atoms with van der Waals surface area (Å²) in [5, 5.41) is 0.789. The van der Waals surface area contributed by atoms with E-state index >= 15 is 0 Å². The van der Waals surface area contributed by atoms with Gasteiger partial charge in [0, 0.05) is 35.8 Å². The van der Waals surface area contributed by atoms with Crippen molar-refractivity contribution in [2.45, 2.75) is 20.3 Å². The SMILES string of the molecule is CCN(CC)c1ccc2cc(CC(N)=O)c(=O)oc2c1. The summed E-state index contributed by atoms with van der Waals surface area (Å²) in [7, 11) is 0. The van der Waals surface area contributed by atoms with Gasteiger partial charge >= 0.3 is 5.63 Å².